The summed E-state index contributed by atoms with van der Waals surface area (Å²) in [4.78, 5) is 12.6. The summed E-state index contributed by atoms with van der Waals surface area (Å²) in [6.45, 7) is 1.93. The van der Waals surface area contributed by atoms with E-state index in [1.165, 1.54) is 6.08 Å². The summed E-state index contributed by atoms with van der Waals surface area (Å²) in [7, 11) is 0. The first-order chi connectivity index (χ1) is 13.8. The van der Waals surface area contributed by atoms with Gasteiger partial charge in [0, 0.05) is 25.6 Å². The third-order valence-corrected chi connectivity index (χ3v) is 5.71. The van der Waals surface area contributed by atoms with Gasteiger partial charge in [-0.2, -0.15) is 5.26 Å². The zero-order chi connectivity index (χ0) is 21.1. The Labute approximate surface area is 194 Å². The van der Waals surface area contributed by atoms with Crippen molar-refractivity contribution in [1.82, 2.24) is 0 Å². The van der Waals surface area contributed by atoms with Crippen molar-refractivity contribution in [3.63, 3.8) is 0 Å². The number of amides is 1. The first-order valence-corrected chi connectivity index (χ1v) is 10.6. The molecule has 8 heteroatoms. The fourth-order valence-corrected chi connectivity index (χ4v) is 4.55. The summed E-state index contributed by atoms with van der Waals surface area (Å²) in [6.07, 6.45) is 1.37. The van der Waals surface area contributed by atoms with Crippen LogP contribution in [0.15, 0.2) is 61.4 Å². The van der Waals surface area contributed by atoms with Crippen LogP contribution in [-0.2, 0) is 4.79 Å². The lowest BCUT2D eigenvalue weighted by atomic mass is 10.2. The Morgan fingerprint density at radius 3 is 2.48 bits per heavy atom. The Bertz CT molecular complexity index is 1160. The highest BCUT2D eigenvalue weighted by Crippen LogP contribution is 2.34. The van der Waals surface area contributed by atoms with Crippen molar-refractivity contribution in [2.24, 2.45) is 0 Å². The third-order valence-electron chi connectivity index (χ3n) is 3.90. The molecule has 1 heterocycles. The molecule has 0 aliphatic heterocycles. The lowest BCUT2D eigenvalue weighted by molar-refractivity contribution is -0.112. The monoisotopic (exact) mass is 552 g/mol. The minimum Gasteiger partial charge on any atom is -0.457 e. The van der Waals surface area contributed by atoms with Gasteiger partial charge in [0.2, 0.25) is 0 Å². The molecule has 3 rings (SSSR count). The highest BCUT2D eigenvalue weighted by molar-refractivity contribution is 9.11. The number of nitrogens with one attached hydrogen (secondary N) is 1. The maximum atomic E-state index is 12.6. The molecular formula is C21H12Br2Cl2N2O2. The van der Waals surface area contributed by atoms with Gasteiger partial charge < -0.3 is 9.73 Å². The van der Waals surface area contributed by atoms with Crippen molar-refractivity contribution in [2.45, 2.75) is 6.92 Å². The SMILES string of the molecule is Cc1cc(Br)c(NC(=O)/C(C#N)=C/c2ccc(-c3cc(Cl)ccc3Cl)o2)c(Br)c1. The van der Waals surface area contributed by atoms with E-state index in [9.17, 15) is 10.1 Å². The second-order valence-electron chi connectivity index (χ2n) is 6.05. The second kappa shape index (κ2) is 9.19. The quantitative estimate of drug-likeness (QED) is 0.266. The van der Waals surface area contributed by atoms with Gasteiger partial charge in [0.1, 0.15) is 23.2 Å². The molecule has 3 aromatic rings. The lowest BCUT2D eigenvalue weighted by Crippen LogP contribution is -2.14. The normalized spacial score (nSPS) is 11.2. The minimum atomic E-state index is -0.559. The standard InChI is InChI=1S/C21H12Br2Cl2N2O2/c1-11-6-16(22)20(17(23)7-11)27-21(28)12(10-26)8-14-3-5-19(29-14)15-9-13(24)2-4-18(15)25/h2-9H,1H3,(H,27,28)/b12-8+. The van der Waals surface area contributed by atoms with Crippen molar-refractivity contribution in [1.29, 1.82) is 5.26 Å². The number of hydrogen-bond acceptors (Lipinski definition) is 3. The number of anilines is 1. The Morgan fingerprint density at radius 1 is 1.14 bits per heavy atom. The number of halogens is 4. The molecule has 0 aliphatic carbocycles. The molecule has 2 aromatic carbocycles. The predicted molar refractivity (Wildman–Crippen MR) is 123 cm³/mol. The predicted octanol–water partition coefficient (Wildman–Crippen LogP) is 7.63. The van der Waals surface area contributed by atoms with Gasteiger partial charge in [-0.3, -0.25) is 4.79 Å². The number of nitriles is 1. The van der Waals surface area contributed by atoms with Crippen LogP contribution in [0.4, 0.5) is 5.69 Å². The summed E-state index contributed by atoms with van der Waals surface area (Å²) in [5.41, 5.74) is 2.06. The second-order valence-corrected chi connectivity index (χ2v) is 8.61. The molecular weight excluding hydrogens is 543 g/mol. The van der Waals surface area contributed by atoms with E-state index in [4.69, 9.17) is 27.6 Å². The summed E-state index contributed by atoms with van der Waals surface area (Å²) < 4.78 is 7.13. The molecule has 4 nitrogen and oxygen atoms in total. The van der Waals surface area contributed by atoms with Crippen molar-refractivity contribution in [2.75, 3.05) is 5.32 Å². The van der Waals surface area contributed by atoms with E-state index in [1.54, 1.807) is 30.3 Å². The van der Waals surface area contributed by atoms with Crippen LogP contribution >= 0.6 is 55.1 Å². The van der Waals surface area contributed by atoms with Crippen LogP contribution < -0.4 is 5.32 Å². The van der Waals surface area contributed by atoms with Gasteiger partial charge in [-0.1, -0.05) is 23.2 Å². The molecule has 1 amide bonds. The molecule has 0 unspecified atom stereocenters. The van der Waals surface area contributed by atoms with Crippen LogP contribution in [0.3, 0.4) is 0 Å². The van der Waals surface area contributed by atoms with Crippen LogP contribution in [0, 0.1) is 18.3 Å². The van der Waals surface area contributed by atoms with Gasteiger partial charge in [0.15, 0.2) is 0 Å². The van der Waals surface area contributed by atoms with Crippen LogP contribution in [-0.4, -0.2) is 5.91 Å². The lowest BCUT2D eigenvalue weighted by Gasteiger charge is -2.10. The van der Waals surface area contributed by atoms with Gasteiger partial charge in [-0.05, 0) is 86.8 Å². The van der Waals surface area contributed by atoms with E-state index in [0.717, 1.165) is 5.56 Å². The van der Waals surface area contributed by atoms with Crippen LogP contribution in [0.1, 0.15) is 11.3 Å². The largest absolute Gasteiger partial charge is 0.457 e. The van der Waals surface area contributed by atoms with Crippen LogP contribution in [0.25, 0.3) is 17.4 Å². The van der Waals surface area contributed by atoms with Crippen molar-refractivity contribution in [3.05, 3.63) is 78.4 Å². The minimum absolute atomic E-state index is 0.109. The number of carbonyl (C=O) groups is 1. The van der Waals surface area contributed by atoms with Gasteiger partial charge in [0.25, 0.3) is 5.91 Å². The first kappa shape index (κ1) is 21.7. The van der Waals surface area contributed by atoms with E-state index in [0.29, 0.717) is 41.8 Å². The third kappa shape index (κ3) is 5.12. The highest BCUT2D eigenvalue weighted by Gasteiger charge is 2.16. The van der Waals surface area contributed by atoms with Crippen molar-refractivity contribution in [3.8, 4) is 17.4 Å². The molecule has 0 spiro atoms. The Hall–Kier alpha value is -2.04. The molecule has 0 radical (unpaired) electrons. The van der Waals surface area contributed by atoms with Crippen LogP contribution in [0.5, 0.6) is 0 Å². The summed E-state index contributed by atoms with van der Waals surface area (Å²) in [5.74, 6) is 0.256. The molecule has 146 valence electrons. The fourth-order valence-electron chi connectivity index (χ4n) is 2.55. The Balaban J connectivity index is 1.87. The molecule has 29 heavy (non-hydrogen) atoms. The van der Waals surface area contributed by atoms with Gasteiger partial charge in [0.05, 0.1) is 10.7 Å². The van der Waals surface area contributed by atoms with E-state index in [1.807, 2.05) is 25.1 Å². The molecule has 0 saturated heterocycles. The summed E-state index contributed by atoms with van der Waals surface area (Å²) in [6, 6.07) is 14.0. The number of nitrogens with zero attached hydrogens (tertiary/aromatic N) is 1. The molecule has 0 atom stereocenters. The molecule has 0 bridgehead atoms. The topological polar surface area (TPSA) is 66.0 Å². The molecule has 1 N–H and O–H groups in total. The maximum absolute atomic E-state index is 12.6. The highest BCUT2D eigenvalue weighted by atomic mass is 79.9. The Morgan fingerprint density at radius 2 is 1.83 bits per heavy atom. The van der Waals surface area contributed by atoms with Crippen molar-refractivity contribution >= 4 is 72.7 Å². The van der Waals surface area contributed by atoms with Gasteiger partial charge in [-0.15, -0.1) is 0 Å². The molecule has 0 fully saturated rings. The van der Waals surface area contributed by atoms with E-state index < -0.39 is 5.91 Å². The van der Waals surface area contributed by atoms with E-state index in [-0.39, 0.29) is 5.57 Å². The average Bonchev–Trinajstić information content (AvgIpc) is 3.12. The van der Waals surface area contributed by atoms with Gasteiger partial charge >= 0.3 is 0 Å². The molecule has 0 saturated carbocycles. The van der Waals surface area contributed by atoms with E-state index in [2.05, 4.69) is 37.2 Å². The number of benzene rings is 2. The van der Waals surface area contributed by atoms with Crippen molar-refractivity contribution < 1.29 is 9.21 Å². The number of furan rings is 1. The smallest absolute Gasteiger partial charge is 0.266 e. The summed E-state index contributed by atoms with van der Waals surface area (Å²) in [5, 5.41) is 13.2. The number of aryl methyl sites for hydroxylation is 1. The van der Waals surface area contributed by atoms with Gasteiger partial charge in [-0.25, -0.2) is 0 Å². The molecule has 0 aliphatic rings. The zero-order valence-electron chi connectivity index (χ0n) is 14.9. The number of rotatable bonds is 4. The first-order valence-electron chi connectivity index (χ1n) is 8.22. The Kier molecular flexibility index (Phi) is 6.86. The maximum Gasteiger partial charge on any atom is 0.266 e. The summed E-state index contributed by atoms with van der Waals surface area (Å²) >= 11 is 19.0. The zero-order valence-corrected chi connectivity index (χ0v) is 19.6. The number of carbonyl (C=O) groups excluding carboxylic acids is 1. The fraction of sp³-hybridized carbons (Fsp3) is 0.0476. The average molecular weight is 555 g/mol. The number of hydrogen-bond donors (Lipinski definition) is 1. The molecule has 1 aromatic heterocycles. The van der Waals surface area contributed by atoms with Crippen LogP contribution in [0.2, 0.25) is 10.0 Å². The van der Waals surface area contributed by atoms with E-state index >= 15 is 0 Å².